The van der Waals surface area contributed by atoms with Gasteiger partial charge < -0.3 is 8.80 Å². The summed E-state index contributed by atoms with van der Waals surface area (Å²) in [6, 6.07) is 125. The highest BCUT2D eigenvalue weighted by molar-refractivity contribution is 6.33. The van der Waals surface area contributed by atoms with Crippen molar-refractivity contribution in [2.45, 2.75) is 0 Å². The Kier molecular flexibility index (Phi) is 11.5. The van der Waals surface area contributed by atoms with E-state index in [1.165, 1.54) is 197 Å². The predicted octanol–water partition coefficient (Wildman–Crippen LogP) is 25.4. The van der Waals surface area contributed by atoms with Crippen LogP contribution in [0.1, 0.15) is 0 Å². The van der Waals surface area contributed by atoms with E-state index < -0.39 is 0 Å². The molecule has 0 aliphatic rings. The lowest BCUT2D eigenvalue weighted by Crippen LogP contribution is -1.93. The highest BCUT2D eigenvalue weighted by Gasteiger charge is 2.26. The van der Waals surface area contributed by atoms with Crippen molar-refractivity contribution in [3.05, 3.63) is 340 Å². The van der Waals surface area contributed by atoms with Crippen LogP contribution in [0.15, 0.2) is 340 Å². The maximum atomic E-state index is 2.48. The Morgan fingerprint density at radius 2 is 0.543 bits per heavy atom. The minimum Gasteiger partial charge on any atom is -0.308 e. The Labute approximate surface area is 542 Å². The third kappa shape index (κ3) is 7.60. The molecule has 0 radical (unpaired) electrons. The van der Waals surface area contributed by atoms with E-state index in [0.717, 1.165) is 0 Å². The van der Waals surface area contributed by atoms with Crippen molar-refractivity contribution in [3.8, 4) is 66.8 Å². The highest BCUT2D eigenvalue weighted by atomic mass is 14.9. The van der Waals surface area contributed by atoms with Gasteiger partial charge in [-0.25, -0.2) is 0 Å². The van der Waals surface area contributed by atoms with Crippen LogP contribution >= 0.6 is 0 Å². The Morgan fingerprint density at radius 3 is 1.15 bits per heavy atom. The maximum absolute atomic E-state index is 2.48. The second kappa shape index (κ2) is 20.6. The average molecular weight is 1190 g/mol. The summed E-state index contributed by atoms with van der Waals surface area (Å²) in [5.74, 6) is 0. The molecule has 2 heteroatoms. The molecule has 0 unspecified atom stereocenters. The summed E-state index contributed by atoms with van der Waals surface area (Å²) >= 11 is 0. The van der Waals surface area contributed by atoms with Gasteiger partial charge in [-0.3, -0.25) is 0 Å². The highest BCUT2D eigenvalue weighted by Crippen LogP contribution is 2.52. The third-order valence-electron chi connectivity index (χ3n) is 20.4. The van der Waals surface area contributed by atoms with Crippen molar-refractivity contribution < 1.29 is 0 Å². The molecule has 0 fully saturated rings. The number of para-hydroxylation sites is 4. The standard InChI is InChI=1S/C48H29N.C44H27N/c1-2-12-33-29-34(26-23-30(33)11-1)31-21-24-32(25-22-31)45-36-14-3-5-16-38(36)46(39-17-6-4-15-37(39)45)42-28-27-40-35-13-7-9-19-43(35)49-44-20-10-8-18-41(44)47(42)48(40)49;1-2-14-28(15-3-1)29-16-4-5-18-31(29)41-32-19-6-8-21-34(32)42(35-22-9-7-20-33(35)41)37-24-13-27-40-43(37)38-25-12-23-36-30-17-10-11-26-39(30)45(40)44(36)38/h1-29H;1-27H. The van der Waals surface area contributed by atoms with Crippen LogP contribution in [0.5, 0.6) is 0 Å². The first-order valence-corrected chi connectivity index (χ1v) is 32.7. The van der Waals surface area contributed by atoms with Crippen LogP contribution in [-0.2, 0) is 0 Å². The molecule has 4 heterocycles. The number of hydrogen-bond acceptors (Lipinski definition) is 0. The smallest absolute Gasteiger partial charge is 0.0626 e. The average Bonchev–Trinajstić information content (AvgIpc) is 1.50. The minimum atomic E-state index is 1.23. The van der Waals surface area contributed by atoms with Gasteiger partial charge in [-0.2, -0.15) is 0 Å². The first-order valence-electron chi connectivity index (χ1n) is 32.7. The van der Waals surface area contributed by atoms with Gasteiger partial charge in [-0.15, -0.1) is 0 Å². The van der Waals surface area contributed by atoms with E-state index in [-0.39, 0.29) is 0 Å². The first-order chi connectivity index (χ1) is 46.7. The molecule has 21 rings (SSSR count). The maximum Gasteiger partial charge on any atom is 0.0626 e. The van der Waals surface area contributed by atoms with Gasteiger partial charge in [0.15, 0.2) is 0 Å². The van der Waals surface area contributed by atoms with E-state index in [1.807, 2.05) is 0 Å². The molecule has 0 atom stereocenters. The number of rotatable bonds is 6. The monoisotopic (exact) mass is 1190 g/mol. The van der Waals surface area contributed by atoms with Crippen molar-refractivity contribution in [2.24, 2.45) is 0 Å². The van der Waals surface area contributed by atoms with Gasteiger partial charge in [-0.05, 0) is 151 Å². The van der Waals surface area contributed by atoms with Gasteiger partial charge in [0.2, 0.25) is 0 Å². The third-order valence-corrected chi connectivity index (χ3v) is 20.4. The summed E-state index contributed by atoms with van der Waals surface area (Å²) in [6.07, 6.45) is 0. The van der Waals surface area contributed by atoms with Crippen LogP contribution in [0.4, 0.5) is 0 Å². The van der Waals surface area contributed by atoms with E-state index in [2.05, 4.69) is 349 Å². The zero-order valence-electron chi connectivity index (χ0n) is 51.2. The Hall–Kier alpha value is -12.4. The first kappa shape index (κ1) is 52.4. The summed E-state index contributed by atoms with van der Waals surface area (Å²) in [5.41, 5.74) is 22.8. The van der Waals surface area contributed by atoms with Gasteiger partial charge in [0.25, 0.3) is 0 Å². The van der Waals surface area contributed by atoms with Crippen LogP contribution < -0.4 is 0 Å². The summed E-state index contributed by atoms with van der Waals surface area (Å²) in [5, 5.41) is 23.2. The van der Waals surface area contributed by atoms with E-state index in [0.29, 0.717) is 0 Å². The summed E-state index contributed by atoms with van der Waals surface area (Å²) < 4.78 is 4.96. The number of benzene rings is 17. The fraction of sp³-hybridized carbons (Fsp3) is 0. The molecule has 4 aromatic heterocycles. The molecule has 94 heavy (non-hydrogen) atoms. The van der Waals surface area contributed by atoms with Crippen molar-refractivity contribution in [1.29, 1.82) is 0 Å². The quantitative estimate of drug-likeness (QED) is 0.147. The fourth-order valence-electron chi connectivity index (χ4n) is 16.6. The Morgan fingerprint density at radius 1 is 0.160 bits per heavy atom. The fourth-order valence-corrected chi connectivity index (χ4v) is 16.6. The molecule has 0 saturated heterocycles. The van der Waals surface area contributed by atoms with E-state index in [9.17, 15) is 0 Å². The molecule has 434 valence electrons. The lowest BCUT2D eigenvalue weighted by Gasteiger charge is -2.20. The molecule has 0 aliphatic carbocycles. The van der Waals surface area contributed by atoms with Crippen molar-refractivity contribution in [1.82, 2.24) is 8.80 Å². The van der Waals surface area contributed by atoms with Crippen molar-refractivity contribution >= 4 is 130 Å². The number of fused-ring (bicyclic) bond motifs is 17. The number of hydrogen-bond donors (Lipinski definition) is 0. The zero-order valence-corrected chi connectivity index (χ0v) is 51.2. The van der Waals surface area contributed by atoms with Gasteiger partial charge in [0.05, 0.1) is 33.1 Å². The van der Waals surface area contributed by atoms with Gasteiger partial charge >= 0.3 is 0 Å². The molecule has 0 aliphatic heterocycles. The molecular formula is C92H56N2. The molecule has 2 nitrogen and oxygen atoms in total. The van der Waals surface area contributed by atoms with Crippen molar-refractivity contribution in [2.75, 3.05) is 0 Å². The molecule has 0 saturated carbocycles. The molecular weight excluding hydrogens is 1130 g/mol. The van der Waals surface area contributed by atoms with Crippen molar-refractivity contribution in [3.63, 3.8) is 0 Å². The van der Waals surface area contributed by atoms with E-state index in [4.69, 9.17) is 0 Å². The Balaban J connectivity index is 0.000000130. The normalized spacial score (nSPS) is 12.0. The van der Waals surface area contributed by atoms with Gasteiger partial charge in [0, 0.05) is 43.1 Å². The second-order valence-electron chi connectivity index (χ2n) is 25.2. The zero-order chi connectivity index (χ0) is 61.5. The van der Waals surface area contributed by atoms with Gasteiger partial charge in [0.1, 0.15) is 0 Å². The lowest BCUT2D eigenvalue weighted by atomic mass is 9.83. The van der Waals surface area contributed by atoms with Crippen LogP contribution in [0.3, 0.4) is 0 Å². The molecule has 17 aromatic carbocycles. The minimum absolute atomic E-state index is 1.23. The van der Waals surface area contributed by atoms with E-state index in [1.54, 1.807) is 0 Å². The molecule has 0 spiro atoms. The number of aromatic nitrogens is 2. The predicted molar refractivity (Wildman–Crippen MR) is 402 cm³/mol. The van der Waals surface area contributed by atoms with E-state index >= 15 is 0 Å². The SMILES string of the molecule is c1ccc(-c2ccccc2-c2c3ccccc3c(-c3cccc4c3c3cccc5c6ccccc6n4c53)c3ccccc23)cc1.c1ccc2cc(-c3ccc(-c4c5ccccc5c(-c5ccc6c7ccccc7n7c8ccccc8c5c67)c5ccccc45)cc3)ccc2c1. The van der Waals surface area contributed by atoms with Crippen LogP contribution in [-0.4, -0.2) is 8.80 Å². The second-order valence-corrected chi connectivity index (χ2v) is 25.2. The molecule has 21 aromatic rings. The molecule has 0 bridgehead atoms. The summed E-state index contributed by atoms with van der Waals surface area (Å²) in [6.45, 7) is 0. The Bertz CT molecular complexity index is 6530. The van der Waals surface area contributed by atoms with Crippen LogP contribution in [0.25, 0.3) is 197 Å². The topological polar surface area (TPSA) is 8.82 Å². The van der Waals surface area contributed by atoms with Crippen LogP contribution in [0, 0.1) is 0 Å². The van der Waals surface area contributed by atoms with Crippen LogP contribution in [0.2, 0.25) is 0 Å². The number of nitrogens with zero attached hydrogens (tertiary/aromatic N) is 2. The molecule has 0 N–H and O–H groups in total. The summed E-state index contributed by atoms with van der Waals surface area (Å²) in [4.78, 5) is 0. The largest absolute Gasteiger partial charge is 0.308 e. The molecule has 0 amide bonds. The summed E-state index contributed by atoms with van der Waals surface area (Å²) in [7, 11) is 0. The van der Waals surface area contributed by atoms with Gasteiger partial charge in [-0.1, -0.05) is 309 Å². The lowest BCUT2D eigenvalue weighted by molar-refractivity contribution is 1.37.